The Bertz CT molecular complexity index is 1110. The summed E-state index contributed by atoms with van der Waals surface area (Å²) in [5.41, 5.74) is 3.97. The van der Waals surface area contributed by atoms with Gasteiger partial charge in [0, 0.05) is 56.9 Å². The Morgan fingerprint density at radius 3 is 2.77 bits per heavy atom. The van der Waals surface area contributed by atoms with Crippen molar-refractivity contribution in [2.24, 2.45) is 0 Å². The van der Waals surface area contributed by atoms with Gasteiger partial charge in [0.05, 0.1) is 29.8 Å². The van der Waals surface area contributed by atoms with Crippen molar-refractivity contribution in [2.45, 2.75) is 20.0 Å². The third-order valence-electron chi connectivity index (χ3n) is 5.44. The van der Waals surface area contributed by atoms with Gasteiger partial charge in [-0.05, 0) is 19.1 Å². The van der Waals surface area contributed by atoms with Gasteiger partial charge in [-0.15, -0.1) is 0 Å². The first-order valence-corrected chi connectivity index (χ1v) is 10.3. The number of nitrogens with one attached hydrogen (secondary N) is 2. The number of fused-ring (bicyclic) bond motifs is 1. The number of hydrogen-bond donors (Lipinski definition) is 2. The first kappa shape index (κ1) is 19.3. The molecule has 0 saturated carbocycles. The second kappa shape index (κ2) is 8.23. The van der Waals surface area contributed by atoms with E-state index in [2.05, 4.69) is 40.5 Å². The zero-order chi connectivity index (χ0) is 21.2. The summed E-state index contributed by atoms with van der Waals surface area (Å²) < 4.78 is 0. The molecule has 0 radical (unpaired) electrons. The van der Waals surface area contributed by atoms with Crippen molar-refractivity contribution in [3.8, 4) is 0 Å². The van der Waals surface area contributed by atoms with Crippen molar-refractivity contribution >= 4 is 23.2 Å². The number of aryl methyl sites for hydroxylation is 1. The van der Waals surface area contributed by atoms with E-state index >= 15 is 0 Å². The number of piperazine rings is 1. The molecule has 0 unspecified atom stereocenters. The Labute approximate surface area is 179 Å². The quantitative estimate of drug-likeness (QED) is 0.645. The Morgan fingerprint density at radius 2 is 1.90 bits per heavy atom. The lowest BCUT2D eigenvalue weighted by Gasteiger charge is -2.30. The summed E-state index contributed by atoms with van der Waals surface area (Å²) >= 11 is 0. The van der Waals surface area contributed by atoms with Crippen LogP contribution in [0.15, 0.2) is 36.9 Å². The van der Waals surface area contributed by atoms with Crippen LogP contribution in [0.25, 0.3) is 0 Å². The summed E-state index contributed by atoms with van der Waals surface area (Å²) in [6.07, 6.45) is 6.87. The molecule has 0 aromatic carbocycles. The Balaban J connectivity index is 1.34. The van der Waals surface area contributed by atoms with Crippen LogP contribution in [0.2, 0.25) is 0 Å². The fraction of sp³-hybridized carbons (Fsp3) is 0.333. The van der Waals surface area contributed by atoms with Gasteiger partial charge in [0.2, 0.25) is 5.95 Å². The maximum atomic E-state index is 13.0. The number of rotatable bonds is 4. The topological polar surface area (TPSA) is 112 Å². The molecule has 0 atom stereocenters. The molecule has 0 aliphatic carbocycles. The maximum absolute atomic E-state index is 13.0. The number of pyridine rings is 1. The number of hydrogen-bond acceptors (Lipinski definition) is 9. The van der Waals surface area contributed by atoms with Crippen molar-refractivity contribution in [2.75, 3.05) is 41.3 Å². The average Bonchev–Trinajstić information content (AvgIpc) is 3.23. The van der Waals surface area contributed by atoms with Crippen LogP contribution in [0.1, 0.15) is 27.6 Å². The highest BCUT2D eigenvalue weighted by Gasteiger charge is 2.24. The molecule has 2 aliphatic heterocycles. The van der Waals surface area contributed by atoms with Crippen molar-refractivity contribution in [1.29, 1.82) is 0 Å². The third kappa shape index (κ3) is 4.02. The molecular formula is C21H23N9O. The molecule has 10 nitrogen and oxygen atoms in total. The second-order valence-electron chi connectivity index (χ2n) is 7.57. The zero-order valence-corrected chi connectivity index (χ0v) is 17.2. The molecule has 31 heavy (non-hydrogen) atoms. The molecule has 1 saturated heterocycles. The predicted octanol–water partition coefficient (Wildman–Crippen LogP) is 1.15. The van der Waals surface area contributed by atoms with E-state index in [1.165, 1.54) is 0 Å². The summed E-state index contributed by atoms with van der Waals surface area (Å²) in [4.78, 5) is 39.0. The summed E-state index contributed by atoms with van der Waals surface area (Å²) in [6, 6.07) is 3.55. The number of nitrogens with zero attached hydrogens (tertiary/aromatic N) is 7. The lowest BCUT2D eigenvalue weighted by atomic mass is 10.2. The van der Waals surface area contributed by atoms with Gasteiger partial charge in [-0.2, -0.15) is 0 Å². The molecule has 0 bridgehead atoms. The Kier molecular flexibility index (Phi) is 5.13. The standard InChI is InChI=1S/C21H23N9O/c1-14-25-10-15-12-30(13-18(15)26-14)21-24-5-2-16(28-21)20(31)27-17-11-23-4-3-19(17)29-8-6-22-7-9-29/h2-5,10-11,22H,6-9,12-13H2,1H3,(H,27,31). The van der Waals surface area contributed by atoms with E-state index in [1.54, 1.807) is 24.7 Å². The summed E-state index contributed by atoms with van der Waals surface area (Å²) in [5.74, 6) is 0.948. The van der Waals surface area contributed by atoms with E-state index in [9.17, 15) is 4.79 Å². The van der Waals surface area contributed by atoms with E-state index in [-0.39, 0.29) is 5.91 Å². The molecular weight excluding hydrogens is 394 g/mol. The predicted molar refractivity (Wildman–Crippen MR) is 116 cm³/mol. The number of amides is 1. The van der Waals surface area contributed by atoms with Crippen LogP contribution in [0.4, 0.5) is 17.3 Å². The largest absolute Gasteiger partial charge is 0.367 e. The lowest BCUT2D eigenvalue weighted by Crippen LogP contribution is -2.43. The second-order valence-corrected chi connectivity index (χ2v) is 7.57. The Hall–Kier alpha value is -3.66. The minimum atomic E-state index is -0.291. The molecule has 5 heterocycles. The molecule has 2 N–H and O–H groups in total. The van der Waals surface area contributed by atoms with Gasteiger partial charge in [0.25, 0.3) is 5.91 Å². The normalized spacial score (nSPS) is 15.6. The number of carbonyl (C=O) groups excluding carboxylic acids is 1. The SMILES string of the molecule is Cc1ncc2c(n1)CN(c1nccc(C(=O)Nc3cnccc3N3CCNCC3)n1)C2. The highest BCUT2D eigenvalue weighted by molar-refractivity contribution is 6.04. The van der Waals surface area contributed by atoms with Gasteiger partial charge in [0.15, 0.2) is 0 Å². The number of aromatic nitrogens is 5. The molecule has 2 aliphatic rings. The first-order valence-electron chi connectivity index (χ1n) is 10.3. The third-order valence-corrected chi connectivity index (χ3v) is 5.44. The van der Waals surface area contributed by atoms with E-state index in [1.807, 2.05) is 24.1 Å². The van der Waals surface area contributed by atoms with Crippen LogP contribution >= 0.6 is 0 Å². The highest BCUT2D eigenvalue weighted by Crippen LogP contribution is 2.26. The van der Waals surface area contributed by atoms with Gasteiger partial charge in [0.1, 0.15) is 11.5 Å². The molecule has 0 spiro atoms. The molecule has 3 aromatic heterocycles. The van der Waals surface area contributed by atoms with Crippen molar-refractivity contribution in [1.82, 2.24) is 30.2 Å². The molecule has 5 rings (SSSR count). The highest BCUT2D eigenvalue weighted by atomic mass is 16.1. The van der Waals surface area contributed by atoms with Crippen molar-refractivity contribution < 1.29 is 4.79 Å². The van der Waals surface area contributed by atoms with E-state index < -0.39 is 0 Å². The van der Waals surface area contributed by atoms with Gasteiger partial charge in [-0.1, -0.05) is 0 Å². The Morgan fingerprint density at radius 1 is 1.03 bits per heavy atom. The van der Waals surface area contributed by atoms with Crippen LogP contribution < -0.4 is 20.4 Å². The van der Waals surface area contributed by atoms with Crippen LogP contribution in [0, 0.1) is 6.92 Å². The van der Waals surface area contributed by atoms with Crippen molar-refractivity contribution in [3.63, 3.8) is 0 Å². The molecule has 10 heteroatoms. The fourth-order valence-electron chi connectivity index (χ4n) is 3.87. The van der Waals surface area contributed by atoms with Crippen molar-refractivity contribution in [3.05, 3.63) is 59.7 Å². The van der Waals surface area contributed by atoms with Crippen LogP contribution in [0.3, 0.4) is 0 Å². The summed E-state index contributed by atoms with van der Waals surface area (Å²) in [7, 11) is 0. The fourth-order valence-corrected chi connectivity index (χ4v) is 3.87. The van der Waals surface area contributed by atoms with Gasteiger partial charge < -0.3 is 20.4 Å². The van der Waals surface area contributed by atoms with Crippen LogP contribution in [-0.2, 0) is 13.1 Å². The summed E-state index contributed by atoms with van der Waals surface area (Å²) in [5, 5.41) is 6.31. The molecule has 3 aromatic rings. The van der Waals surface area contributed by atoms with E-state index in [4.69, 9.17) is 0 Å². The number of carbonyl (C=O) groups is 1. The summed E-state index contributed by atoms with van der Waals surface area (Å²) in [6.45, 7) is 6.67. The van der Waals surface area contributed by atoms with Gasteiger partial charge >= 0.3 is 0 Å². The first-order chi connectivity index (χ1) is 15.2. The van der Waals surface area contributed by atoms with Gasteiger partial charge in [-0.3, -0.25) is 9.78 Å². The lowest BCUT2D eigenvalue weighted by molar-refractivity contribution is 0.102. The minimum absolute atomic E-state index is 0.291. The molecule has 158 valence electrons. The number of anilines is 3. The van der Waals surface area contributed by atoms with Gasteiger partial charge in [-0.25, -0.2) is 19.9 Å². The monoisotopic (exact) mass is 417 g/mol. The van der Waals surface area contributed by atoms with E-state index in [0.717, 1.165) is 48.9 Å². The zero-order valence-electron chi connectivity index (χ0n) is 17.2. The van der Waals surface area contributed by atoms with Crippen LogP contribution in [0.5, 0.6) is 0 Å². The molecule has 1 amide bonds. The molecule has 1 fully saturated rings. The van der Waals surface area contributed by atoms with E-state index in [0.29, 0.717) is 30.4 Å². The maximum Gasteiger partial charge on any atom is 0.274 e. The average molecular weight is 417 g/mol. The van der Waals surface area contributed by atoms with Crippen LogP contribution in [-0.4, -0.2) is 57.0 Å². The smallest absolute Gasteiger partial charge is 0.274 e. The minimum Gasteiger partial charge on any atom is -0.367 e.